The second-order valence-electron chi connectivity index (χ2n) is 5.62. The van der Waals surface area contributed by atoms with Gasteiger partial charge in [-0.05, 0) is 43.7 Å². The summed E-state index contributed by atoms with van der Waals surface area (Å²) in [6.07, 6.45) is 0.627. The van der Waals surface area contributed by atoms with E-state index in [1.807, 2.05) is 0 Å². The van der Waals surface area contributed by atoms with Crippen LogP contribution >= 0.6 is 11.6 Å². The van der Waals surface area contributed by atoms with Crippen LogP contribution in [0.2, 0.25) is 5.02 Å². The fourth-order valence-corrected chi connectivity index (χ4v) is 2.45. The van der Waals surface area contributed by atoms with Crippen molar-refractivity contribution < 1.29 is 14.5 Å². The number of nitro groups is 1. The van der Waals surface area contributed by atoms with Gasteiger partial charge in [-0.2, -0.15) is 0 Å². The van der Waals surface area contributed by atoms with Crippen LogP contribution in [0, 0.1) is 17.0 Å². The molecule has 26 heavy (non-hydrogen) atoms. The Bertz CT molecular complexity index is 822. The Morgan fingerprint density at radius 2 is 1.85 bits per heavy atom. The van der Waals surface area contributed by atoms with Gasteiger partial charge in [-0.1, -0.05) is 17.7 Å². The van der Waals surface area contributed by atoms with Crippen molar-refractivity contribution in [3.05, 3.63) is 68.7 Å². The summed E-state index contributed by atoms with van der Waals surface area (Å²) in [5.41, 5.74) is 1.26. The molecule has 0 bridgehead atoms. The molecule has 0 fully saturated rings. The first-order valence-electron chi connectivity index (χ1n) is 7.96. The molecule has 0 aliphatic carbocycles. The van der Waals surface area contributed by atoms with E-state index in [0.29, 0.717) is 34.8 Å². The zero-order valence-corrected chi connectivity index (χ0v) is 14.9. The summed E-state index contributed by atoms with van der Waals surface area (Å²) >= 11 is 5.77. The number of benzene rings is 2. The molecule has 0 aliphatic heterocycles. The molecule has 2 amide bonds. The van der Waals surface area contributed by atoms with E-state index in [1.165, 1.54) is 12.1 Å². The molecule has 0 heterocycles. The van der Waals surface area contributed by atoms with Crippen LogP contribution in [0.5, 0.6) is 0 Å². The molecule has 7 nitrogen and oxygen atoms in total. The molecule has 0 aliphatic rings. The highest BCUT2D eigenvalue weighted by molar-refractivity contribution is 6.30. The molecule has 0 saturated carbocycles. The number of rotatable bonds is 7. The lowest BCUT2D eigenvalue weighted by molar-refractivity contribution is -0.385. The van der Waals surface area contributed by atoms with E-state index in [2.05, 4.69) is 10.6 Å². The highest BCUT2D eigenvalue weighted by atomic mass is 35.5. The van der Waals surface area contributed by atoms with Crippen LogP contribution in [0.25, 0.3) is 0 Å². The van der Waals surface area contributed by atoms with Crippen LogP contribution in [-0.2, 0) is 4.79 Å². The molecule has 0 radical (unpaired) electrons. The van der Waals surface area contributed by atoms with Crippen molar-refractivity contribution in [1.29, 1.82) is 0 Å². The summed E-state index contributed by atoms with van der Waals surface area (Å²) in [4.78, 5) is 34.3. The molecule has 0 saturated heterocycles. The van der Waals surface area contributed by atoms with Gasteiger partial charge in [-0.3, -0.25) is 19.7 Å². The number of anilines is 1. The smallest absolute Gasteiger partial charge is 0.274 e. The molecule has 2 aromatic rings. The van der Waals surface area contributed by atoms with Crippen LogP contribution < -0.4 is 10.6 Å². The molecular formula is C18H18ClN3O4. The highest BCUT2D eigenvalue weighted by Gasteiger charge is 2.14. The number of carbonyl (C=O) groups is 2. The second-order valence-corrected chi connectivity index (χ2v) is 6.06. The van der Waals surface area contributed by atoms with Gasteiger partial charge in [0.05, 0.1) is 16.2 Å². The standard InChI is InChI=1S/C18H18ClN3O4/c1-12-15(4-2-5-16(12)22(25)26)21-17(23)6-3-11-20-18(24)13-7-9-14(19)10-8-13/h2,4-5,7-10H,3,6,11H2,1H3,(H,20,24)(H,21,23). The van der Waals surface area contributed by atoms with E-state index in [-0.39, 0.29) is 23.9 Å². The van der Waals surface area contributed by atoms with E-state index in [0.717, 1.165) is 0 Å². The first-order valence-corrected chi connectivity index (χ1v) is 8.34. The summed E-state index contributed by atoms with van der Waals surface area (Å²) < 4.78 is 0. The first-order chi connectivity index (χ1) is 12.4. The maximum atomic E-state index is 12.0. The summed E-state index contributed by atoms with van der Waals surface area (Å²) in [7, 11) is 0. The lowest BCUT2D eigenvalue weighted by Crippen LogP contribution is -2.25. The van der Waals surface area contributed by atoms with E-state index < -0.39 is 4.92 Å². The van der Waals surface area contributed by atoms with Gasteiger partial charge in [0.1, 0.15) is 0 Å². The molecular weight excluding hydrogens is 358 g/mol. The third-order valence-electron chi connectivity index (χ3n) is 3.75. The van der Waals surface area contributed by atoms with Gasteiger partial charge in [0.2, 0.25) is 5.91 Å². The molecule has 0 spiro atoms. The third kappa shape index (κ3) is 5.29. The van der Waals surface area contributed by atoms with Crippen molar-refractivity contribution in [2.24, 2.45) is 0 Å². The minimum atomic E-state index is -0.489. The molecule has 0 unspecified atom stereocenters. The number of halogens is 1. The number of nitrogens with zero attached hydrogens (tertiary/aromatic N) is 1. The zero-order chi connectivity index (χ0) is 19.1. The van der Waals surface area contributed by atoms with Crippen LogP contribution in [0.15, 0.2) is 42.5 Å². The Kier molecular flexibility index (Phi) is 6.68. The number of amides is 2. The Morgan fingerprint density at radius 3 is 2.50 bits per heavy atom. The number of nitrogens with one attached hydrogen (secondary N) is 2. The first kappa shape index (κ1) is 19.4. The van der Waals surface area contributed by atoms with E-state index >= 15 is 0 Å². The van der Waals surface area contributed by atoms with Gasteiger partial charge in [0.15, 0.2) is 0 Å². The summed E-state index contributed by atoms with van der Waals surface area (Å²) in [6, 6.07) is 11.0. The van der Waals surface area contributed by atoms with Gasteiger partial charge < -0.3 is 10.6 Å². The second kappa shape index (κ2) is 8.96. The van der Waals surface area contributed by atoms with E-state index in [1.54, 1.807) is 37.3 Å². The number of hydrogen-bond donors (Lipinski definition) is 2. The summed E-state index contributed by atoms with van der Waals surface area (Å²) in [5, 5.41) is 16.8. The van der Waals surface area contributed by atoms with Crippen molar-refractivity contribution in [3.63, 3.8) is 0 Å². The van der Waals surface area contributed by atoms with Crippen molar-refractivity contribution in [2.75, 3.05) is 11.9 Å². The van der Waals surface area contributed by atoms with Crippen molar-refractivity contribution in [3.8, 4) is 0 Å². The Hall–Kier alpha value is -2.93. The Morgan fingerprint density at radius 1 is 1.15 bits per heavy atom. The maximum Gasteiger partial charge on any atom is 0.274 e. The van der Waals surface area contributed by atoms with Gasteiger partial charge >= 0.3 is 0 Å². The topological polar surface area (TPSA) is 101 Å². The van der Waals surface area contributed by atoms with Gasteiger partial charge in [-0.15, -0.1) is 0 Å². The average molecular weight is 376 g/mol. The largest absolute Gasteiger partial charge is 0.352 e. The van der Waals surface area contributed by atoms with E-state index in [9.17, 15) is 19.7 Å². The molecule has 0 atom stereocenters. The minimum absolute atomic E-state index is 0.0435. The number of carbonyl (C=O) groups excluding carboxylic acids is 2. The lowest BCUT2D eigenvalue weighted by Gasteiger charge is -2.09. The highest BCUT2D eigenvalue weighted by Crippen LogP contribution is 2.25. The summed E-state index contributed by atoms with van der Waals surface area (Å²) in [5.74, 6) is -0.508. The lowest BCUT2D eigenvalue weighted by atomic mass is 10.1. The van der Waals surface area contributed by atoms with Crippen LogP contribution in [0.1, 0.15) is 28.8 Å². The fraction of sp³-hybridized carbons (Fsp3) is 0.222. The molecule has 8 heteroatoms. The Balaban J connectivity index is 1.79. The Labute approximate surface area is 155 Å². The summed E-state index contributed by atoms with van der Waals surface area (Å²) in [6.45, 7) is 1.92. The number of hydrogen-bond acceptors (Lipinski definition) is 4. The van der Waals surface area contributed by atoms with Gasteiger partial charge in [-0.25, -0.2) is 0 Å². The van der Waals surface area contributed by atoms with Crippen molar-refractivity contribution >= 4 is 34.8 Å². The average Bonchev–Trinajstić information content (AvgIpc) is 2.60. The molecule has 0 aromatic heterocycles. The predicted molar refractivity (Wildman–Crippen MR) is 99.5 cm³/mol. The van der Waals surface area contributed by atoms with Crippen LogP contribution in [-0.4, -0.2) is 23.3 Å². The van der Waals surface area contributed by atoms with Gasteiger partial charge in [0.25, 0.3) is 11.6 Å². The fourth-order valence-electron chi connectivity index (χ4n) is 2.32. The molecule has 2 aromatic carbocycles. The third-order valence-corrected chi connectivity index (χ3v) is 4.00. The van der Waals surface area contributed by atoms with Crippen LogP contribution in [0.3, 0.4) is 0 Å². The maximum absolute atomic E-state index is 12.0. The monoisotopic (exact) mass is 375 g/mol. The van der Waals surface area contributed by atoms with Crippen molar-refractivity contribution in [2.45, 2.75) is 19.8 Å². The van der Waals surface area contributed by atoms with Gasteiger partial charge in [0, 0.05) is 29.6 Å². The normalized spacial score (nSPS) is 10.2. The SMILES string of the molecule is Cc1c(NC(=O)CCCNC(=O)c2ccc(Cl)cc2)cccc1[N+](=O)[O-]. The molecule has 2 rings (SSSR count). The molecule has 136 valence electrons. The quantitative estimate of drug-likeness (QED) is 0.437. The predicted octanol–water partition coefficient (Wildman–Crippen LogP) is 3.71. The van der Waals surface area contributed by atoms with Crippen molar-refractivity contribution in [1.82, 2.24) is 5.32 Å². The molecule has 2 N–H and O–H groups in total. The zero-order valence-electron chi connectivity index (χ0n) is 14.1. The van der Waals surface area contributed by atoms with E-state index in [4.69, 9.17) is 11.6 Å². The number of nitro benzene ring substituents is 1. The van der Waals surface area contributed by atoms with Crippen LogP contribution in [0.4, 0.5) is 11.4 Å². The minimum Gasteiger partial charge on any atom is -0.352 e.